The van der Waals surface area contributed by atoms with Gasteiger partial charge in [0.1, 0.15) is 0 Å². The maximum Gasteiger partial charge on any atom is 0.205 e. The predicted molar refractivity (Wildman–Crippen MR) is 64.4 cm³/mol. The zero-order valence-electron chi connectivity index (χ0n) is 10.1. The van der Waals surface area contributed by atoms with E-state index in [1.54, 1.807) is 0 Å². The van der Waals surface area contributed by atoms with Crippen molar-refractivity contribution in [2.24, 2.45) is 22.7 Å². The Morgan fingerprint density at radius 1 is 1.40 bits per heavy atom. The van der Waals surface area contributed by atoms with Crippen molar-refractivity contribution in [1.29, 1.82) is 0 Å². The van der Waals surface area contributed by atoms with E-state index in [9.17, 15) is 0 Å². The van der Waals surface area contributed by atoms with Crippen molar-refractivity contribution in [3.63, 3.8) is 0 Å². The molecule has 0 aromatic heterocycles. The van der Waals surface area contributed by atoms with Crippen LogP contribution in [0.15, 0.2) is 4.99 Å². The summed E-state index contributed by atoms with van der Waals surface area (Å²) in [6.45, 7) is 7.30. The molecular formula is C11H24N4. The summed E-state index contributed by atoms with van der Waals surface area (Å²) in [7, 11) is 0. The van der Waals surface area contributed by atoms with Crippen LogP contribution in [0.5, 0.6) is 0 Å². The molecule has 0 aromatic rings. The second-order valence-corrected chi connectivity index (χ2v) is 4.85. The third-order valence-electron chi connectivity index (χ3n) is 2.97. The lowest BCUT2D eigenvalue weighted by atomic mass is 9.80. The number of hydrogen-bond acceptors (Lipinski definition) is 2. The zero-order chi connectivity index (χ0) is 11.3. The van der Waals surface area contributed by atoms with E-state index in [0.29, 0.717) is 12.0 Å². The van der Waals surface area contributed by atoms with Crippen molar-refractivity contribution in [3.05, 3.63) is 0 Å². The van der Waals surface area contributed by atoms with Crippen LogP contribution in [0.1, 0.15) is 40.0 Å². The molecule has 0 amide bonds. The summed E-state index contributed by atoms with van der Waals surface area (Å²) < 4.78 is 0. The van der Waals surface area contributed by atoms with Gasteiger partial charge in [0.05, 0.1) is 0 Å². The first-order valence-corrected chi connectivity index (χ1v) is 5.91. The molecule has 1 atom stereocenters. The lowest BCUT2D eigenvalue weighted by Crippen LogP contribution is -2.49. The molecule has 4 heteroatoms. The van der Waals surface area contributed by atoms with Gasteiger partial charge in [-0.1, -0.05) is 20.3 Å². The molecule has 15 heavy (non-hydrogen) atoms. The smallest absolute Gasteiger partial charge is 0.205 e. The van der Waals surface area contributed by atoms with Crippen LogP contribution in [0.4, 0.5) is 0 Å². The Hall–Kier alpha value is -0.770. The predicted octanol–water partition coefficient (Wildman–Crippen LogP) is 1.24. The Labute approximate surface area is 92.7 Å². The summed E-state index contributed by atoms with van der Waals surface area (Å²) in [6, 6.07) is 0.473. The van der Waals surface area contributed by atoms with E-state index in [0.717, 1.165) is 18.4 Å². The molecule has 1 rings (SSSR count). The van der Waals surface area contributed by atoms with Crippen LogP contribution in [-0.2, 0) is 0 Å². The second-order valence-electron chi connectivity index (χ2n) is 4.85. The van der Waals surface area contributed by atoms with E-state index in [2.05, 4.69) is 36.5 Å². The molecule has 0 aromatic carbocycles. The minimum Gasteiger partial charge on any atom is -0.353 e. The van der Waals surface area contributed by atoms with Gasteiger partial charge in [-0.2, -0.15) is 0 Å². The minimum atomic E-state index is 0.473. The van der Waals surface area contributed by atoms with Crippen molar-refractivity contribution in [1.82, 2.24) is 10.7 Å². The second kappa shape index (κ2) is 5.95. The van der Waals surface area contributed by atoms with Gasteiger partial charge in [0.2, 0.25) is 5.96 Å². The molecule has 4 nitrogen and oxygen atoms in total. The molecule has 0 aliphatic heterocycles. The maximum atomic E-state index is 5.42. The average Bonchev–Trinajstić information content (AvgIpc) is 2.08. The summed E-state index contributed by atoms with van der Waals surface area (Å²) in [4.78, 5) is 4.39. The van der Waals surface area contributed by atoms with Gasteiger partial charge in [-0.15, -0.1) is 0 Å². The molecule has 0 radical (unpaired) electrons. The van der Waals surface area contributed by atoms with Gasteiger partial charge in [-0.25, -0.2) is 5.84 Å². The van der Waals surface area contributed by atoms with Crippen molar-refractivity contribution in [2.45, 2.75) is 46.1 Å². The van der Waals surface area contributed by atoms with Crippen LogP contribution in [0.2, 0.25) is 0 Å². The van der Waals surface area contributed by atoms with Crippen LogP contribution in [0, 0.1) is 11.8 Å². The minimum absolute atomic E-state index is 0.473. The van der Waals surface area contributed by atoms with Crippen molar-refractivity contribution < 1.29 is 0 Å². The van der Waals surface area contributed by atoms with Gasteiger partial charge in [0, 0.05) is 12.6 Å². The van der Waals surface area contributed by atoms with E-state index in [1.807, 2.05) is 0 Å². The molecule has 0 bridgehead atoms. The SMILES string of the molecule is CC(C)CN=C(NN)NC(C)C1CCC1. The summed E-state index contributed by atoms with van der Waals surface area (Å²) in [6.07, 6.45) is 4.03. The van der Waals surface area contributed by atoms with Crippen molar-refractivity contribution in [3.8, 4) is 0 Å². The van der Waals surface area contributed by atoms with Gasteiger partial charge in [0.25, 0.3) is 0 Å². The molecular weight excluding hydrogens is 188 g/mol. The molecule has 4 N–H and O–H groups in total. The number of hydrazine groups is 1. The monoisotopic (exact) mass is 212 g/mol. The third-order valence-corrected chi connectivity index (χ3v) is 2.97. The first-order valence-electron chi connectivity index (χ1n) is 5.91. The standard InChI is InChI=1S/C11H24N4/c1-8(2)7-13-11(15-12)14-9(3)10-5-4-6-10/h8-10H,4-7,12H2,1-3H3,(H2,13,14,15). The fraction of sp³-hybridized carbons (Fsp3) is 0.909. The van der Waals surface area contributed by atoms with Crippen molar-refractivity contribution >= 4 is 5.96 Å². The number of aliphatic imine (C=N–C) groups is 1. The summed E-state index contributed by atoms with van der Waals surface area (Å²) >= 11 is 0. The highest BCUT2D eigenvalue weighted by atomic mass is 15.3. The molecule has 1 aliphatic rings. The fourth-order valence-electron chi connectivity index (χ4n) is 1.68. The normalized spacial score (nSPS) is 19.9. The lowest BCUT2D eigenvalue weighted by Gasteiger charge is -2.32. The molecule has 88 valence electrons. The van der Waals surface area contributed by atoms with E-state index < -0.39 is 0 Å². The molecule has 1 unspecified atom stereocenters. The fourth-order valence-corrected chi connectivity index (χ4v) is 1.68. The number of hydrogen-bond donors (Lipinski definition) is 3. The first-order chi connectivity index (χ1) is 7.13. The van der Waals surface area contributed by atoms with E-state index in [1.165, 1.54) is 19.3 Å². The largest absolute Gasteiger partial charge is 0.353 e. The molecule has 0 saturated heterocycles. The van der Waals surface area contributed by atoms with Crippen LogP contribution in [0.3, 0.4) is 0 Å². The number of nitrogens with one attached hydrogen (secondary N) is 2. The Bertz CT molecular complexity index is 209. The quantitative estimate of drug-likeness (QED) is 0.284. The third kappa shape index (κ3) is 4.08. The summed E-state index contributed by atoms with van der Waals surface area (Å²) in [5.41, 5.74) is 2.63. The Kier molecular flexibility index (Phi) is 4.88. The average molecular weight is 212 g/mol. The van der Waals surface area contributed by atoms with Gasteiger partial charge in [0.15, 0.2) is 0 Å². The van der Waals surface area contributed by atoms with Crippen LogP contribution < -0.4 is 16.6 Å². The Balaban J connectivity index is 2.34. The molecule has 1 fully saturated rings. The molecule has 0 spiro atoms. The van der Waals surface area contributed by atoms with E-state index >= 15 is 0 Å². The Morgan fingerprint density at radius 3 is 2.47 bits per heavy atom. The van der Waals surface area contributed by atoms with Gasteiger partial charge in [-0.3, -0.25) is 10.4 Å². The van der Waals surface area contributed by atoms with Crippen LogP contribution in [0.25, 0.3) is 0 Å². The highest BCUT2D eigenvalue weighted by Crippen LogP contribution is 2.29. The molecule has 0 heterocycles. The highest BCUT2D eigenvalue weighted by molar-refractivity contribution is 5.79. The topological polar surface area (TPSA) is 62.4 Å². The lowest BCUT2D eigenvalue weighted by molar-refractivity contribution is 0.257. The first kappa shape index (κ1) is 12.3. The number of nitrogens with two attached hydrogens (primary N) is 1. The van der Waals surface area contributed by atoms with Crippen LogP contribution in [-0.4, -0.2) is 18.5 Å². The Morgan fingerprint density at radius 2 is 2.07 bits per heavy atom. The zero-order valence-corrected chi connectivity index (χ0v) is 10.1. The van der Waals surface area contributed by atoms with E-state index in [4.69, 9.17) is 5.84 Å². The summed E-state index contributed by atoms with van der Waals surface area (Å²) in [5.74, 6) is 7.51. The van der Waals surface area contributed by atoms with Crippen LogP contribution >= 0.6 is 0 Å². The highest BCUT2D eigenvalue weighted by Gasteiger charge is 2.24. The summed E-state index contributed by atoms with van der Waals surface area (Å²) in [5, 5.41) is 3.34. The number of nitrogens with zero attached hydrogens (tertiary/aromatic N) is 1. The van der Waals surface area contributed by atoms with E-state index in [-0.39, 0.29) is 0 Å². The van der Waals surface area contributed by atoms with Crippen molar-refractivity contribution in [2.75, 3.05) is 6.54 Å². The molecule has 1 saturated carbocycles. The van der Waals surface area contributed by atoms with Gasteiger partial charge < -0.3 is 5.32 Å². The molecule has 1 aliphatic carbocycles. The number of guanidine groups is 1. The maximum absolute atomic E-state index is 5.42. The van der Waals surface area contributed by atoms with Gasteiger partial charge in [-0.05, 0) is 31.6 Å². The number of rotatable bonds is 4. The van der Waals surface area contributed by atoms with Gasteiger partial charge >= 0.3 is 0 Å².